The molecule has 0 unspecified atom stereocenters. The summed E-state index contributed by atoms with van der Waals surface area (Å²) >= 11 is 0. The van der Waals surface area contributed by atoms with Gasteiger partial charge in [0.1, 0.15) is 5.75 Å². The van der Waals surface area contributed by atoms with Crippen molar-refractivity contribution in [1.29, 1.82) is 0 Å². The molecule has 0 N–H and O–H groups in total. The van der Waals surface area contributed by atoms with Gasteiger partial charge in [-0.3, -0.25) is 5.06 Å². The summed E-state index contributed by atoms with van der Waals surface area (Å²) in [6, 6.07) is 13.4. The molecule has 196 valence electrons. The number of benzene rings is 2. The van der Waals surface area contributed by atoms with Gasteiger partial charge < -0.3 is 9.26 Å². The molecule has 0 fully saturated rings. The molecule has 0 heterocycles. The number of rotatable bonds is 5. The maximum atomic E-state index is 6.89. The standard InChI is InChI=1S/C31H51NO2Si/c1-28(2,3)25-20-23(21-26(27(25)33-13)29(4,5)6)22-17-16-18-24(19-22)32(30(7,8)9)34-35(14,15)31(10,11)12/h16-21H,1-15H3. The van der Waals surface area contributed by atoms with Gasteiger partial charge in [0.05, 0.1) is 18.3 Å². The van der Waals surface area contributed by atoms with Crippen LogP contribution in [0.5, 0.6) is 5.75 Å². The van der Waals surface area contributed by atoms with Crippen LogP contribution in [0.15, 0.2) is 36.4 Å². The minimum Gasteiger partial charge on any atom is -0.496 e. The van der Waals surface area contributed by atoms with Crippen molar-refractivity contribution in [3.8, 4) is 16.9 Å². The van der Waals surface area contributed by atoms with Gasteiger partial charge in [0, 0.05) is 11.1 Å². The van der Waals surface area contributed by atoms with Gasteiger partial charge in [-0.1, -0.05) is 74.4 Å². The van der Waals surface area contributed by atoms with E-state index >= 15 is 0 Å². The van der Waals surface area contributed by atoms with Gasteiger partial charge >= 0.3 is 0 Å². The first-order chi connectivity index (χ1) is 15.6. The SMILES string of the molecule is COc1c(C(C)(C)C)cc(-c2cccc(N(O[Si](C)(C)C(C)(C)C)C(C)(C)C)c2)cc1C(C)(C)C. The fourth-order valence-electron chi connectivity index (χ4n) is 3.88. The molecule has 0 radical (unpaired) electrons. The van der Waals surface area contributed by atoms with Crippen molar-refractivity contribution < 1.29 is 9.26 Å². The Bertz CT molecular complexity index is 993. The lowest BCUT2D eigenvalue weighted by atomic mass is 9.77. The Hall–Kier alpha value is -1.78. The molecule has 2 aromatic rings. The minimum absolute atomic E-state index is 0.0398. The number of nitrogens with zero attached hydrogens (tertiary/aromatic N) is 1. The average molecular weight is 498 g/mol. The Kier molecular flexibility index (Phi) is 8.07. The molecule has 0 saturated carbocycles. The van der Waals surface area contributed by atoms with Crippen molar-refractivity contribution in [2.45, 2.75) is 118 Å². The van der Waals surface area contributed by atoms with E-state index in [1.165, 1.54) is 22.3 Å². The Morgan fingerprint density at radius 3 is 1.54 bits per heavy atom. The molecular formula is C31H51NO2Si. The van der Waals surface area contributed by atoms with E-state index in [1.54, 1.807) is 7.11 Å². The Morgan fingerprint density at radius 2 is 1.17 bits per heavy atom. The minimum atomic E-state index is -2.03. The van der Waals surface area contributed by atoms with Gasteiger partial charge in [-0.25, -0.2) is 0 Å². The van der Waals surface area contributed by atoms with Crippen LogP contribution in [0, 0.1) is 0 Å². The second-order valence-corrected chi connectivity index (χ2v) is 19.2. The van der Waals surface area contributed by atoms with Crippen LogP contribution in [0.1, 0.15) is 94.2 Å². The zero-order valence-corrected chi connectivity index (χ0v) is 26.2. The van der Waals surface area contributed by atoms with Gasteiger partial charge in [-0.05, 0) is 85.1 Å². The highest BCUT2D eigenvalue weighted by atomic mass is 28.4. The molecule has 0 amide bonds. The number of hydrogen-bond donors (Lipinski definition) is 0. The van der Waals surface area contributed by atoms with Crippen LogP contribution >= 0.6 is 0 Å². The van der Waals surface area contributed by atoms with Gasteiger partial charge in [-0.2, -0.15) is 0 Å². The summed E-state index contributed by atoms with van der Waals surface area (Å²) in [5.74, 6) is 1.00. The number of hydrogen-bond acceptors (Lipinski definition) is 3. The molecule has 0 aliphatic rings. The summed E-state index contributed by atoms with van der Waals surface area (Å²) in [5, 5.41) is 2.26. The lowest BCUT2D eigenvalue weighted by molar-refractivity contribution is 0.185. The number of ether oxygens (including phenoxy) is 1. The fourth-order valence-corrected chi connectivity index (χ4v) is 4.99. The summed E-state index contributed by atoms with van der Waals surface area (Å²) in [5.41, 5.74) is 5.70. The Morgan fingerprint density at radius 1 is 0.686 bits per heavy atom. The zero-order chi connectivity index (χ0) is 27.2. The van der Waals surface area contributed by atoms with Crippen molar-refractivity contribution in [2.75, 3.05) is 12.2 Å². The molecule has 0 aromatic heterocycles. The van der Waals surface area contributed by atoms with Crippen LogP contribution in [0.2, 0.25) is 18.1 Å². The maximum absolute atomic E-state index is 6.89. The molecule has 2 aromatic carbocycles. The van der Waals surface area contributed by atoms with Gasteiger partial charge in [0.25, 0.3) is 0 Å². The van der Waals surface area contributed by atoms with Crippen molar-refractivity contribution in [3.05, 3.63) is 47.5 Å². The first-order valence-corrected chi connectivity index (χ1v) is 15.8. The van der Waals surface area contributed by atoms with E-state index in [2.05, 4.69) is 138 Å². The van der Waals surface area contributed by atoms with Crippen LogP contribution in [0.4, 0.5) is 5.69 Å². The lowest BCUT2D eigenvalue weighted by Crippen LogP contribution is -2.52. The van der Waals surface area contributed by atoms with E-state index in [4.69, 9.17) is 9.26 Å². The molecule has 4 heteroatoms. The van der Waals surface area contributed by atoms with Crippen LogP contribution in [-0.4, -0.2) is 21.0 Å². The lowest BCUT2D eigenvalue weighted by Gasteiger charge is -2.45. The Labute approximate surface area is 217 Å². The quantitative estimate of drug-likeness (QED) is 0.303. The predicted octanol–water partition coefficient (Wildman–Crippen LogP) is 9.50. The molecule has 0 aliphatic carbocycles. The highest BCUT2D eigenvalue weighted by Gasteiger charge is 2.42. The van der Waals surface area contributed by atoms with E-state index < -0.39 is 8.32 Å². The number of anilines is 1. The molecule has 0 spiro atoms. The molecule has 0 aliphatic heterocycles. The third kappa shape index (κ3) is 6.71. The topological polar surface area (TPSA) is 21.7 Å². The largest absolute Gasteiger partial charge is 0.496 e. The van der Waals surface area contributed by atoms with Crippen molar-refractivity contribution in [3.63, 3.8) is 0 Å². The first-order valence-electron chi connectivity index (χ1n) is 12.9. The van der Waals surface area contributed by atoms with E-state index in [-0.39, 0.29) is 21.4 Å². The summed E-state index contributed by atoms with van der Waals surface area (Å²) < 4.78 is 12.9. The summed E-state index contributed by atoms with van der Waals surface area (Å²) in [6.07, 6.45) is 0. The van der Waals surface area contributed by atoms with E-state index in [1.807, 2.05) is 0 Å². The molecule has 3 nitrogen and oxygen atoms in total. The first kappa shape index (κ1) is 29.4. The summed E-state index contributed by atoms with van der Waals surface area (Å²) in [7, 11) is -0.237. The smallest absolute Gasteiger partial charge is 0.228 e. The van der Waals surface area contributed by atoms with Crippen LogP contribution in [-0.2, 0) is 15.4 Å². The highest BCUT2D eigenvalue weighted by molar-refractivity contribution is 6.74. The molecule has 0 saturated heterocycles. The van der Waals surface area contributed by atoms with Crippen molar-refractivity contribution in [1.82, 2.24) is 0 Å². The maximum Gasteiger partial charge on any atom is 0.228 e. The second kappa shape index (κ2) is 9.59. The molecular weight excluding hydrogens is 446 g/mol. The van der Waals surface area contributed by atoms with Gasteiger partial charge in [-0.15, -0.1) is 0 Å². The summed E-state index contributed by atoms with van der Waals surface area (Å²) in [6.45, 7) is 31.7. The molecule has 35 heavy (non-hydrogen) atoms. The van der Waals surface area contributed by atoms with E-state index in [0.29, 0.717) is 0 Å². The van der Waals surface area contributed by atoms with Gasteiger partial charge in [0.15, 0.2) is 0 Å². The van der Waals surface area contributed by atoms with E-state index in [0.717, 1.165) is 11.4 Å². The number of hydroxylamine groups is 1. The third-order valence-corrected chi connectivity index (χ3v) is 11.3. The number of methoxy groups -OCH3 is 1. The zero-order valence-electron chi connectivity index (χ0n) is 25.2. The van der Waals surface area contributed by atoms with Gasteiger partial charge in [0.2, 0.25) is 8.32 Å². The monoisotopic (exact) mass is 497 g/mol. The van der Waals surface area contributed by atoms with E-state index in [9.17, 15) is 0 Å². The third-order valence-electron chi connectivity index (χ3n) is 7.06. The highest BCUT2D eigenvalue weighted by Crippen LogP contribution is 2.44. The molecule has 0 atom stereocenters. The van der Waals surface area contributed by atoms with Crippen LogP contribution in [0.25, 0.3) is 11.1 Å². The van der Waals surface area contributed by atoms with Crippen LogP contribution in [0.3, 0.4) is 0 Å². The predicted molar refractivity (Wildman–Crippen MR) is 156 cm³/mol. The van der Waals surface area contributed by atoms with Crippen molar-refractivity contribution >= 4 is 14.0 Å². The Balaban J connectivity index is 2.74. The molecule has 0 bridgehead atoms. The normalized spacial score (nSPS) is 13.7. The van der Waals surface area contributed by atoms with Crippen LogP contribution < -0.4 is 9.80 Å². The second-order valence-electron chi connectivity index (χ2n) is 14.5. The van der Waals surface area contributed by atoms with Crippen molar-refractivity contribution in [2.24, 2.45) is 0 Å². The summed E-state index contributed by atoms with van der Waals surface area (Å²) in [4.78, 5) is 0. The molecule has 2 rings (SSSR count). The fraction of sp³-hybridized carbons (Fsp3) is 0.613. The average Bonchev–Trinajstić information content (AvgIpc) is 2.68.